The largest absolute Gasteiger partial charge is 0.465 e. The van der Waals surface area contributed by atoms with Gasteiger partial charge in [-0.2, -0.15) is 0 Å². The van der Waals surface area contributed by atoms with E-state index in [1.54, 1.807) is 7.11 Å². The monoisotopic (exact) mass is 238 g/mol. The van der Waals surface area contributed by atoms with Gasteiger partial charge in [0.25, 0.3) is 0 Å². The van der Waals surface area contributed by atoms with Crippen LogP contribution in [0.5, 0.6) is 0 Å². The molecule has 5 heteroatoms. The molecule has 17 heavy (non-hydrogen) atoms. The molecule has 1 atom stereocenters. The minimum atomic E-state index is -0.253. The molecule has 2 rings (SSSR count). The van der Waals surface area contributed by atoms with Gasteiger partial charge in [0.1, 0.15) is 0 Å². The summed E-state index contributed by atoms with van der Waals surface area (Å²) in [6, 6.07) is 0.254. The van der Waals surface area contributed by atoms with Crippen LogP contribution in [-0.2, 0) is 14.3 Å². The van der Waals surface area contributed by atoms with Crippen LogP contribution in [0, 0.1) is 0 Å². The van der Waals surface area contributed by atoms with Gasteiger partial charge in [-0.15, -0.1) is 0 Å². The highest BCUT2D eigenvalue weighted by Gasteiger charge is 2.33. The summed E-state index contributed by atoms with van der Waals surface area (Å²) in [6.07, 6.45) is 4.80. The molecule has 5 nitrogen and oxygen atoms in total. The van der Waals surface area contributed by atoms with Crippen LogP contribution in [0.3, 0.4) is 0 Å². The van der Waals surface area contributed by atoms with Crippen molar-refractivity contribution in [2.45, 2.75) is 12.5 Å². The van der Waals surface area contributed by atoms with Crippen LogP contribution in [0.2, 0.25) is 0 Å². The molecule has 94 valence electrons. The molecule has 1 N–H and O–H groups in total. The lowest BCUT2D eigenvalue weighted by molar-refractivity contribution is -0.135. The van der Waals surface area contributed by atoms with Gasteiger partial charge in [-0.1, -0.05) is 12.2 Å². The van der Waals surface area contributed by atoms with Crippen LogP contribution in [0.25, 0.3) is 0 Å². The topological polar surface area (TPSA) is 50.8 Å². The standard InChI is InChI=1S/C12H18N2O3/c1-16-7-6-14-11-5-3-4-9(12(15)17-2)10(11)8-13-14/h3-4,11,13H,5-8H2,1-2H3. The number of fused-ring (bicyclic) bond motifs is 1. The zero-order valence-corrected chi connectivity index (χ0v) is 10.2. The van der Waals surface area contributed by atoms with Gasteiger partial charge in [0, 0.05) is 20.2 Å². The highest BCUT2D eigenvalue weighted by Crippen LogP contribution is 2.27. The summed E-state index contributed by atoms with van der Waals surface area (Å²) < 4.78 is 9.87. The van der Waals surface area contributed by atoms with Crippen molar-refractivity contribution in [2.24, 2.45) is 0 Å². The van der Waals surface area contributed by atoms with Crippen LogP contribution in [0.15, 0.2) is 23.3 Å². The number of rotatable bonds is 4. The second-order valence-corrected chi connectivity index (χ2v) is 4.11. The van der Waals surface area contributed by atoms with Crippen molar-refractivity contribution in [3.05, 3.63) is 23.3 Å². The van der Waals surface area contributed by atoms with E-state index in [-0.39, 0.29) is 12.0 Å². The number of methoxy groups -OCH3 is 2. The van der Waals surface area contributed by atoms with Crippen LogP contribution < -0.4 is 5.43 Å². The Morgan fingerprint density at radius 2 is 2.41 bits per heavy atom. The van der Waals surface area contributed by atoms with E-state index in [0.29, 0.717) is 18.7 Å². The number of carbonyl (C=O) groups is 1. The van der Waals surface area contributed by atoms with E-state index in [0.717, 1.165) is 18.5 Å². The lowest BCUT2D eigenvalue weighted by Gasteiger charge is -2.25. The summed E-state index contributed by atoms with van der Waals surface area (Å²) in [5.74, 6) is -0.253. The molecule has 0 spiro atoms. The maximum atomic E-state index is 11.6. The Bertz CT molecular complexity index is 363. The Hall–Kier alpha value is -1.17. The normalized spacial score (nSPS) is 24.0. The Balaban J connectivity index is 2.14. The minimum absolute atomic E-state index is 0.253. The van der Waals surface area contributed by atoms with Crippen molar-refractivity contribution in [1.29, 1.82) is 0 Å². The number of hydrazine groups is 1. The maximum Gasteiger partial charge on any atom is 0.337 e. The first-order chi connectivity index (χ1) is 8.27. The van der Waals surface area contributed by atoms with E-state index in [2.05, 4.69) is 10.4 Å². The third kappa shape index (κ3) is 2.41. The first-order valence-electron chi connectivity index (χ1n) is 5.75. The average Bonchev–Trinajstić information content (AvgIpc) is 2.78. The Morgan fingerprint density at radius 1 is 1.59 bits per heavy atom. The van der Waals surface area contributed by atoms with E-state index in [1.165, 1.54) is 7.11 Å². The molecule has 2 aliphatic rings. The summed E-state index contributed by atoms with van der Waals surface area (Å²) in [5.41, 5.74) is 5.10. The molecular weight excluding hydrogens is 220 g/mol. The highest BCUT2D eigenvalue weighted by molar-refractivity contribution is 5.93. The van der Waals surface area contributed by atoms with Gasteiger partial charge < -0.3 is 9.47 Å². The molecule has 1 unspecified atom stereocenters. The number of nitrogens with zero attached hydrogens (tertiary/aromatic N) is 1. The molecule has 0 aromatic heterocycles. The fraction of sp³-hybridized carbons (Fsp3) is 0.583. The van der Waals surface area contributed by atoms with Gasteiger partial charge in [-0.05, 0) is 12.0 Å². The fourth-order valence-electron chi connectivity index (χ4n) is 2.30. The highest BCUT2D eigenvalue weighted by atomic mass is 16.5. The van der Waals surface area contributed by atoms with E-state index in [9.17, 15) is 4.79 Å². The van der Waals surface area contributed by atoms with Crippen LogP contribution in [0.1, 0.15) is 6.42 Å². The number of ether oxygens (including phenoxy) is 2. The summed E-state index contributed by atoms with van der Waals surface area (Å²) in [5, 5.41) is 2.13. The lowest BCUT2D eigenvalue weighted by atomic mass is 9.94. The number of hydrogen-bond donors (Lipinski definition) is 1. The van der Waals surface area contributed by atoms with Crippen molar-refractivity contribution in [2.75, 3.05) is 33.9 Å². The molecule has 0 bridgehead atoms. The second-order valence-electron chi connectivity index (χ2n) is 4.11. The first-order valence-corrected chi connectivity index (χ1v) is 5.75. The van der Waals surface area contributed by atoms with Crippen molar-refractivity contribution < 1.29 is 14.3 Å². The number of hydrogen-bond acceptors (Lipinski definition) is 5. The molecule has 0 aromatic rings. The molecule has 1 fully saturated rings. The number of carbonyl (C=O) groups excluding carboxylic acids is 1. The zero-order valence-electron chi connectivity index (χ0n) is 10.2. The summed E-state index contributed by atoms with van der Waals surface area (Å²) in [6.45, 7) is 2.20. The van der Waals surface area contributed by atoms with Crippen LogP contribution >= 0.6 is 0 Å². The van der Waals surface area contributed by atoms with Crippen molar-refractivity contribution in [1.82, 2.24) is 10.4 Å². The van der Waals surface area contributed by atoms with Gasteiger partial charge in [0.2, 0.25) is 0 Å². The van der Waals surface area contributed by atoms with Gasteiger partial charge >= 0.3 is 5.97 Å². The number of esters is 1. The predicted octanol–water partition coefficient (Wildman–Crippen LogP) is 0.251. The van der Waals surface area contributed by atoms with Crippen molar-refractivity contribution in [3.8, 4) is 0 Å². The number of nitrogens with one attached hydrogen (secondary N) is 1. The predicted molar refractivity (Wildman–Crippen MR) is 63.2 cm³/mol. The Kier molecular flexibility index (Phi) is 3.93. The lowest BCUT2D eigenvalue weighted by Crippen LogP contribution is -2.40. The van der Waals surface area contributed by atoms with E-state index in [1.807, 2.05) is 12.2 Å². The zero-order chi connectivity index (χ0) is 12.3. The minimum Gasteiger partial charge on any atom is -0.465 e. The third-order valence-electron chi connectivity index (χ3n) is 3.18. The van der Waals surface area contributed by atoms with Crippen LogP contribution in [-0.4, -0.2) is 50.9 Å². The SMILES string of the molecule is COCCN1NCC2=C(C(=O)OC)C=CCC21. The molecule has 1 aliphatic heterocycles. The van der Waals surface area contributed by atoms with Gasteiger partial charge in [0.05, 0.1) is 25.3 Å². The molecule has 1 aliphatic carbocycles. The van der Waals surface area contributed by atoms with Crippen molar-refractivity contribution >= 4 is 5.97 Å². The maximum absolute atomic E-state index is 11.6. The summed E-state index contributed by atoms with van der Waals surface area (Å²) in [7, 11) is 3.10. The summed E-state index contributed by atoms with van der Waals surface area (Å²) in [4.78, 5) is 11.6. The van der Waals surface area contributed by atoms with E-state index in [4.69, 9.17) is 9.47 Å². The molecule has 0 saturated carbocycles. The Morgan fingerprint density at radius 3 is 3.12 bits per heavy atom. The molecule has 1 saturated heterocycles. The smallest absolute Gasteiger partial charge is 0.337 e. The first kappa shape index (κ1) is 12.3. The van der Waals surface area contributed by atoms with E-state index < -0.39 is 0 Å². The average molecular weight is 238 g/mol. The van der Waals surface area contributed by atoms with Crippen LogP contribution in [0.4, 0.5) is 0 Å². The van der Waals surface area contributed by atoms with Gasteiger partial charge in [-0.3, -0.25) is 5.43 Å². The molecule has 1 heterocycles. The Labute approximate surface area is 101 Å². The molecule has 0 radical (unpaired) electrons. The van der Waals surface area contributed by atoms with Gasteiger partial charge in [-0.25, -0.2) is 9.80 Å². The molecule has 0 aromatic carbocycles. The van der Waals surface area contributed by atoms with E-state index >= 15 is 0 Å². The second kappa shape index (κ2) is 5.44. The van der Waals surface area contributed by atoms with Gasteiger partial charge in [0.15, 0.2) is 0 Å². The molecular formula is C12H18N2O3. The quantitative estimate of drug-likeness (QED) is 0.712. The summed E-state index contributed by atoms with van der Waals surface area (Å²) >= 11 is 0. The third-order valence-corrected chi connectivity index (χ3v) is 3.18. The fourth-order valence-corrected chi connectivity index (χ4v) is 2.30. The van der Waals surface area contributed by atoms with Crippen molar-refractivity contribution in [3.63, 3.8) is 0 Å². The molecule has 0 amide bonds.